The minimum absolute atomic E-state index is 0. The molecule has 0 amide bonds. The number of hydrogen-bond donors (Lipinski definition) is 2. The third-order valence-corrected chi connectivity index (χ3v) is 1.45. The molecule has 0 saturated heterocycles. The van der Waals surface area contributed by atoms with Crippen LogP contribution in [0.25, 0.3) is 0 Å². The molecule has 3 N–H and O–H groups in total. The molecular weight excluding hydrogens is 213 g/mol. The number of nitrogens with one attached hydrogen (secondary N) is 1. The van der Waals surface area contributed by atoms with E-state index in [1.165, 1.54) is 24.3 Å². The van der Waals surface area contributed by atoms with E-state index in [9.17, 15) is 10.1 Å². The summed E-state index contributed by atoms with van der Waals surface area (Å²) in [5, 5.41) is 13.1. The van der Waals surface area contributed by atoms with Gasteiger partial charge in [0.25, 0.3) is 5.69 Å². The maximum absolute atomic E-state index is 10.3. The molecule has 5 nitrogen and oxygen atoms in total. The summed E-state index contributed by atoms with van der Waals surface area (Å²) in [6, 6.07) is 5.83. The molecule has 0 aliphatic heterocycles. The van der Waals surface area contributed by atoms with Crippen molar-refractivity contribution in [3.8, 4) is 0 Å². The van der Waals surface area contributed by atoms with Crippen molar-refractivity contribution in [3.05, 3.63) is 34.4 Å². The predicted molar refractivity (Wildman–Crippen MR) is 54.6 cm³/mol. The Morgan fingerprint density at radius 3 is 2.36 bits per heavy atom. The maximum Gasteiger partial charge on any atom is 1.00 e. The van der Waals surface area contributed by atoms with Crippen molar-refractivity contribution in [1.82, 2.24) is 0 Å². The number of benzene rings is 1. The van der Waals surface area contributed by atoms with E-state index < -0.39 is 4.92 Å². The zero-order chi connectivity index (χ0) is 9.84. The molecule has 0 spiro atoms. The second-order valence-corrected chi connectivity index (χ2v) is 2.73. The Morgan fingerprint density at radius 1 is 1.50 bits per heavy atom. The van der Waals surface area contributed by atoms with E-state index >= 15 is 0 Å². The van der Waals surface area contributed by atoms with Gasteiger partial charge >= 0.3 is 29.6 Å². The molecule has 0 heterocycles. The third-order valence-electron chi connectivity index (χ3n) is 1.35. The van der Waals surface area contributed by atoms with Crippen LogP contribution >= 0.6 is 12.2 Å². The van der Waals surface area contributed by atoms with Crippen LogP contribution in [-0.2, 0) is 0 Å². The van der Waals surface area contributed by atoms with Gasteiger partial charge in [0.05, 0.1) is 4.92 Å². The zero-order valence-corrected chi connectivity index (χ0v) is 10.4. The second kappa shape index (κ2) is 5.92. The van der Waals surface area contributed by atoms with Crippen LogP contribution in [0.2, 0.25) is 0 Å². The number of non-ortho nitro benzene ring substituents is 1. The third kappa shape index (κ3) is 4.01. The molecule has 0 aliphatic rings. The molecule has 0 unspecified atom stereocenters. The van der Waals surface area contributed by atoms with Gasteiger partial charge in [-0.2, -0.15) is 0 Å². The van der Waals surface area contributed by atoms with Crippen molar-refractivity contribution in [2.45, 2.75) is 0 Å². The Balaban J connectivity index is 0. The first kappa shape index (κ1) is 13.3. The van der Waals surface area contributed by atoms with E-state index in [1.54, 1.807) is 0 Å². The van der Waals surface area contributed by atoms with Gasteiger partial charge < -0.3 is 12.5 Å². The second-order valence-electron chi connectivity index (χ2n) is 2.29. The Bertz CT molecular complexity index is 347. The Kier molecular flexibility index (Phi) is 5.63. The molecule has 7 heteroatoms. The van der Waals surface area contributed by atoms with Gasteiger partial charge in [-0.05, 0) is 24.4 Å². The van der Waals surface area contributed by atoms with E-state index in [0.717, 1.165) is 0 Å². The van der Waals surface area contributed by atoms with Crippen molar-refractivity contribution >= 4 is 28.7 Å². The van der Waals surface area contributed by atoms with Crippen LogP contribution in [0.1, 0.15) is 1.43 Å². The van der Waals surface area contributed by atoms with Crippen LogP contribution in [-0.4, -0.2) is 10.0 Å². The normalized spacial score (nSPS) is 8.57. The molecule has 1 aromatic rings. The smallest absolute Gasteiger partial charge is 1.00 e. The minimum Gasteiger partial charge on any atom is -1.00 e. The number of nitro groups is 1. The summed E-state index contributed by atoms with van der Waals surface area (Å²) in [6.07, 6.45) is 0. The van der Waals surface area contributed by atoms with Crippen molar-refractivity contribution in [1.29, 1.82) is 0 Å². The Hall–Kier alpha value is -0.690. The molecular formula is C7H8N3NaO2S. The fraction of sp³-hybridized carbons (Fsp3) is 0. The molecule has 0 bridgehead atoms. The number of hydrogen-bond acceptors (Lipinski definition) is 3. The van der Waals surface area contributed by atoms with E-state index in [-0.39, 0.29) is 41.8 Å². The van der Waals surface area contributed by atoms with Gasteiger partial charge in [0.1, 0.15) is 0 Å². The minimum atomic E-state index is -0.468. The first-order valence-corrected chi connectivity index (χ1v) is 3.81. The Labute approximate surface area is 110 Å². The fourth-order valence-electron chi connectivity index (χ4n) is 0.809. The van der Waals surface area contributed by atoms with Gasteiger partial charge in [-0.1, -0.05) is 0 Å². The molecule has 70 valence electrons. The van der Waals surface area contributed by atoms with Gasteiger partial charge in [-0.3, -0.25) is 10.1 Å². The Morgan fingerprint density at radius 2 is 2.00 bits per heavy atom. The fourth-order valence-corrected chi connectivity index (χ4v) is 0.927. The number of rotatable bonds is 2. The number of thiocarbonyl (C=S) groups is 1. The molecule has 1 rings (SSSR count). The van der Waals surface area contributed by atoms with Crippen molar-refractivity contribution in [3.63, 3.8) is 0 Å². The van der Waals surface area contributed by atoms with E-state index in [1.807, 2.05) is 0 Å². The van der Waals surface area contributed by atoms with Crippen LogP contribution < -0.4 is 40.6 Å². The molecule has 0 radical (unpaired) electrons. The predicted octanol–water partition coefficient (Wildman–Crippen LogP) is -1.63. The summed E-state index contributed by atoms with van der Waals surface area (Å²) in [7, 11) is 0. The molecule has 0 aromatic heterocycles. The topological polar surface area (TPSA) is 81.2 Å². The zero-order valence-electron chi connectivity index (χ0n) is 8.56. The van der Waals surface area contributed by atoms with Crippen LogP contribution in [0.3, 0.4) is 0 Å². The van der Waals surface area contributed by atoms with Crippen LogP contribution in [0.4, 0.5) is 11.4 Å². The number of nitrogens with two attached hydrogens (primary N) is 1. The number of nitrogens with zero attached hydrogens (tertiary/aromatic N) is 1. The van der Waals surface area contributed by atoms with Gasteiger partial charge in [-0.25, -0.2) is 0 Å². The standard InChI is InChI=1S/C7H7N3O2S.Na.H/c8-7(13)9-5-1-3-6(4-2-5)10(11)12;;/h1-4H,(H3,8,9,13);;/q;+1;-1. The van der Waals surface area contributed by atoms with Crippen molar-refractivity contribution in [2.24, 2.45) is 5.73 Å². The monoisotopic (exact) mass is 221 g/mol. The molecule has 14 heavy (non-hydrogen) atoms. The molecule has 0 fully saturated rings. The summed E-state index contributed by atoms with van der Waals surface area (Å²) in [4.78, 5) is 9.80. The van der Waals surface area contributed by atoms with Crippen LogP contribution in [0, 0.1) is 10.1 Å². The van der Waals surface area contributed by atoms with Gasteiger partial charge in [0, 0.05) is 17.8 Å². The molecule has 0 atom stereocenters. The van der Waals surface area contributed by atoms with Crippen molar-refractivity contribution in [2.75, 3.05) is 5.32 Å². The van der Waals surface area contributed by atoms with E-state index in [4.69, 9.17) is 5.73 Å². The first-order chi connectivity index (χ1) is 6.09. The molecule has 1 aromatic carbocycles. The quantitative estimate of drug-likeness (QED) is 0.271. The summed E-state index contributed by atoms with van der Waals surface area (Å²) in [5.74, 6) is 0. The summed E-state index contributed by atoms with van der Waals surface area (Å²) < 4.78 is 0. The first-order valence-electron chi connectivity index (χ1n) is 3.40. The van der Waals surface area contributed by atoms with Gasteiger partial charge in [0.15, 0.2) is 5.11 Å². The SMILES string of the molecule is NC(=S)Nc1ccc([N+](=O)[O-])cc1.[H-].[Na+]. The summed E-state index contributed by atoms with van der Waals surface area (Å²) in [5.41, 5.74) is 5.88. The average Bonchev–Trinajstić information content (AvgIpc) is 2.04. The summed E-state index contributed by atoms with van der Waals surface area (Å²) >= 11 is 4.59. The van der Waals surface area contributed by atoms with E-state index in [2.05, 4.69) is 17.5 Å². The molecule has 0 aliphatic carbocycles. The number of anilines is 1. The van der Waals surface area contributed by atoms with E-state index in [0.29, 0.717) is 5.69 Å². The maximum atomic E-state index is 10.3. The number of nitro benzene ring substituents is 1. The largest absolute Gasteiger partial charge is 1.00 e. The molecule has 0 saturated carbocycles. The van der Waals surface area contributed by atoms with Gasteiger partial charge in [0.2, 0.25) is 0 Å². The summed E-state index contributed by atoms with van der Waals surface area (Å²) in [6.45, 7) is 0. The van der Waals surface area contributed by atoms with Gasteiger partial charge in [-0.15, -0.1) is 0 Å². The van der Waals surface area contributed by atoms with Crippen LogP contribution in [0.15, 0.2) is 24.3 Å². The van der Waals surface area contributed by atoms with Crippen molar-refractivity contribution < 1.29 is 35.9 Å². The average molecular weight is 221 g/mol. The van der Waals surface area contributed by atoms with Crippen LogP contribution in [0.5, 0.6) is 0 Å².